The van der Waals surface area contributed by atoms with E-state index in [0.717, 1.165) is 49.7 Å². The first kappa shape index (κ1) is 20.9. The van der Waals surface area contributed by atoms with E-state index in [0.29, 0.717) is 18.4 Å². The summed E-state index contributed by atoms with van der Waals surface area (Å²) in [4.78, 5) is 10.8. The van der Waals surface area contributed by atoms with Crippen LogP contribution in [0, 0.1) is 0 Å². The Balaban J connectivity index is 3.29. The van der Waals surface area contributed by atoms with E-state index in [2.05, 4.69) is 32.9 Å². The molecule has 2 heteroatoms. The maximum Gasteiger partial charge on any atom is 0.120 e. The fourth-order valence-corrected chi connectivity index (χ4v) is 3.66. The highest BCUT2D eigenvalue weighted by atomic mass is 16.5. The summed E-state index contributed by atoms with van der Waals surface area (Å²) in [6, 6.07) is -1.99. The van der Waals surface area contributed by atoms with Crippen LogP contribution in [0.25, 0.3) is 0 Å². The van der Waals surface area contributed by atoms with E-state index in [1.165, 1.54) is 29.4 Å². The molecule has 0 N–H and O–H groups in total. The lowest BCUT2D eigenvalue weighted by Gasteiger charge is -2.24. The van der Waals surface area contributed by atoms with Crippen LogP contribution >= 0.6 is 0 Å². The zero-order valence-corrected chi connectivity index (χ0v) is 24.5. The standard InChI is InChI=1S/C37H52O2/c1-30(2)16-11-19-33(5)21-13-23-34(6)22-12-20-31(3)17-9-10-18-32(4)24-14-25-35(7)36-26-28-37(8,39-36)27-15-29-38/h9-10,12,14,16-18,20-22,24-26,28-29,36H,11,13,15,19,23,27H2,1-8H3/b10-9+,20-12+,24-14+,31-17+,32-18+,33-21+,34-22+,35-25+/i3D3,4D3,17D,18D,20D,24D. The lowest BCUT2D eigenvalue weighted by molar-refractivity contribution is -0.109. The molecule has 1 aliphatic rings. The minimum absolute atomic E-state index is 0.342. The molecule has 0 aromatic heterocycles. The van der Waals surface area contributed by atoms with E-state index in [9.17, 15) is 4.79 Å². The molecule has 39 heavy (non-hydrogen) atoms. The first-order chi connectivity index (χ1) is 22.6. The molecule has 2 atom stereocenters. The SMILES string of the molecule is [2H]C(=C\C=C(/C)CC/C=C(\C)CCC=C(C)C)/C(=C([2H])/C=C/C([2H])=C(/C([2H])=C/C=C(\C)C1C=CC(C)(CCC=O)O1)C([2H])([2H])[2H])C([2H])([2H])[2H]. The van der Waals surface area contributed by atoms with Crippen molar-refractivity contribution in [3.05, 3.63) is 118 Å². The van der Waals surface area contributed by atoms with E-state index in [1.54, 1.807) is 13.0 Å². The van der Waals surface area contributed by atoms with Crippen LogP contribution in [0.1, 0.15) is 107 Å². The Hall–Kier alpha value is -2.97. The Kier molecular flexibility index (Phi) is 10.2. The van der Waals surface area contributed by atoms with Gasteiger partial charge in [-0.05, 0) is 92.9 Å². The van der Waals surface area contributed by atoms with Crippen LogP contribution in [0.15, 0.2) is 118 Å². The van der Waals surface area contributed by atoms with Crippen molar-refractivity contribution in [1.82, 2.24) is 0 Å². The number of hydrogen-bond acceptors (Lipinski definition) is 2. The summed E-state index contributed by atoms with van der Waals surface area (Å²) in [5.41, 5.74) is 2.45. The number of allylic oxidation sites excluding steroid dienone is 17. The smallest absolute Gasteiger partial charge is 0.120 e. The second kappa shape index (κ2) is 19.1. The molecule has 0 aliphatic carbocycles. The molecule has 0 fully saturated rings. The van der Waals surface area contributed by atoms with Crippen LogP contribution in [0.2, 0.25) is 0 Å². The normalized spacial score (nSPS) is 27.0. The Morgan fingerprint density at radius 1 is 0.872 bits per heavy atom. The van der Waals surface area contributed by atoms with Gasteiger partial charge in [-0.25, -0.2) is 0 Å². The molecule has 212 valence electrons. The van der Waals surface area contributed by atoms with Gasteiger partial charge in [0, 0.05) is 14.6 Å². The van der Waals surface area contributed by atoms with Crippen molar-refractivity contribution < 1.29 is 23.2 Å². The van der Waals surface area contributed by atoms with Crippen molar-refractivity contribution in [1.29, 1.82) is 0 Å². The molecular weight excluding hydrogens is 476 g/mol. The molecule has 0 amide bonds. The van der Waals surface area contributed by atoms with Crippen LogP contribution in [0.5, 0.6) is 0 Å². The molecule has 0 aromatic carbocycles. The zero-order valence-electron chi connectivity index (χ0n) is 34.5. The van der Waals surface area contributed by atoms with Gasteiger partial charge in [0.25, 0.3) is 0 Å². The van der Waals surface area contributed by atoms with Crippen LogP contribution < -0.4 is 0 Å². The molecule has 1 aliphatic heterocycles. The molecule has 0 radical (unpaired) electrons. The third-order valence-electron chi connectivity index (χ3n) is 6.06. The van der Waals surface area contributed by atoms with Gasteiger partial charge < -0.3 is 9.53 Å². The quantitative estimate of drug-likeness (QED) is 0.111. The van der Waals surface area contributed by atoms with Gasteiger partial charge in [0.15, 0.2) is 0 Å². The maximum atomic E-state index is 10.8. The topological polar surface area (TPSA) is 26.3 Å². The van der Waals surface area contributed by atoms with Gasteiger partial charge in [-0.15, -0.1) is 0 Å². The van der Waals surface area contributed by atoms with Gasteiger partial charge in [0.2, 0.25) is 0 Å². The number of rotatable bonds is 16. The van der Waals surface area contributed by atoms with Gasteiger partial charge >= 0.3 is 0 Å². The summed E-state index contributed by atoms with van der Waals surface area (Å²) >= 11 is 0. The Labute approximate surface area is 253 Å². The molecular formula is C37H52O2. The number of aldehydes is 1. The molecule has 1 heterocycles. The van der Waals surface area contributed by atoms with Crippen LogP contribution in [0.4, 0.5) is 0 Å². The van der Waals surface area contributed by atoms with E-state index < -0.39 is 54.7 Å². The molecule has 0 bridgehead atoms. The largest absolute Gasteiger partial charge is 0.360 e. The molecule has 0 aromatic rings. The van der Waals surface area contributed by atoms with Crippen LogP contribution in [-0.2, 0) is 9.53 Å². The average molecular weight is 539 g/mol. The number of carbonyl (C=O) groups is 1. The highest BCUT2D eigenvalue weighted by Gasteiger charge is 2.30. The first-order valence-corrected chi connectivity index (χ1v) is 13.5. The lowest BCUT2D eigenvalue weighted by atomic mass is 10.0. The monoisotopic (exact) mass is 538 g/mol. The van der Waals surface area contributed by atoms with Crippen molar-refractivity contribution in [2.24, 2.45) is 0 Å². The lowest BCUT2D eigenvalue weighted by Crippen LogP contribution is -2.26. The minimum atomic E-state index is -2.85. The average Bonchev–Trinajstić information content (AvgIpc) is 3.37. The van der Waals surface area contributed by atoms with Gasteiger partial charge in [0.05, 0.1) is 17.2 Å². The summed E-state index contributed by atoms with van der Waals surface area (Å²) in [6.07, 6.45) is 20.5. The zero-order chi connectivity index (χ0) is 37.6. The summed E-state index contributed by atoms with van der Waals surface area (Å²) in [6.45, 7) is 6.07. The van der Waals surface area contributed by atoms with Crippen molar-refractivity contribution >= 4 is 6.29 Å². The second-order valence-electron chi connectivity index (χ2n) is 10.2. The van der Waals surface area contributed by atoms with E-state index in [1.807, 2.05) is 26.0 Å². The van der Waals surface area contributed by atoms with Crippen molar-refractivity contribution in [3.63, 3.8) is 0 Å². The molecule has 1 rings (SSSR count). The molecule has 2 nitrogen and oxygen atoms in total. The fraction of sp³-hybridized carbons (Fsp3) is 0.432. The van der Waals surface area contributed by atoms with Gasteiger partial charge in [-0.3, -0.25) is 0 Å². The van der Waals surface area contributed by atoms with Gasteiger partial charge in [-0.2, -0.15) is 0 Å². The van der Waals surface area contributed by atoms with Crippen molar-refractivity contribution in [3.8, 4) is 0 Å². The first-order valence-electron chi connectivity index (χ1n) is 18.5. The number of ether oxygens (including phenoxy) is 1. The van der Waals surface area contributed by atoms with Crippen molar-refractivity contribution in [2.75, 3.05) is 0 Å². The molecule has 0 saturated carbocycles. The summed E-state index contributed by atoms with van der Waals surface area (Å²) < 4.78 is 87.4. The predicted molar refractivity (Wildman–Crippen MR) is 172 cm³/mol. The molecule has 2 unspecified atom stereocenters. The number of hydrogen-bond donors (Lipinski definition) is 0. The van der Waals surface area contributed by atoms with Gasteiger partial charge in [0.1, 0.15) is 6.29 Å². The van der Waals surface area contributed by atoms with Gasteiger partial charge in [-0.1, -0.05) is 113 Å². The highest BCUT2D eigenvalue weighted by molar-refractivity contribution is 5.49. The minimum Gasteiger partial charge on any atom is -0.360 e. The highest BCUT2D eigenvalue weighted by Crippen LogP contribution is 2.30. The Morgan fingerprint density at radius 2 is 1.49 bits per heavy atom. The van der Waals surface area contributed by atoms with E-state index in [-0.39, 0.29) is 6.05 Å². The summed E-state index contributed by atoms with van der Waals surface area (Å²) in [7, 11) is 0. The maximum absolute atomic E-state index is 10.8. The fourth-order valence-electron chi connectivity index (χ4n) is 3.66. The van der Waals surface area contributed by atoms with E-state index in [4.69, 9.17) is 18.4 Å². The Bertz CT molecular complexity index is 1470. The Morgan fingerprint density at radius 3 is 2.10 bits per heavy atom. The molecule has 0 spiro atoms. The predicted octanol–water partition coefficient (Wildman–Crippen LogP) is 10.6. The van der Waals surface area contributed by atoms with E-state index >= 15 is 0 Å². The number of carbonyl (C=O) groups excluding carboxylic acids is 1. The third-order valence-corrected chi connectivity index (χ3v) is 6.06. The second-order valence-corrected chi connectivity index (χ2v) is 10.2. The van der Waals surface area contributed by atoms with Crippen LogP contribution in [-0.4, -0.2) is 18.0 Å². The summed E-state index contributed by atoms with van der Waals surface area (Å²) in [5, 5.41) is 0. The summed E-state index contributed by atoms with van der Waals surface area (Å²) in [5.74, 6) is 0. The third kappa shape index (κ3) is 16.6. The van der Waals surface area contributed by atoms with Crippen LogP contribution in [0.3, 0.4) is 0 Å². The van der Waals surface area contributed by atoms with Crippen molar-refractivity contribution in [2.45, 2.75) is 105 Å². The molecule has 0 saturated heterocycles.